The summed E-state index contributed by atoms with van der Waals surface area (Å²) in [6.07, 6.45) is 3.24. The Balaban J connectivity index is 2.44. The van der Waals surface area contributed by atoms with Crippen molar-refractivity contribution < 1.29 is 9.90 Å². The van der Waals surface area contributed by atoms with Crippen LogP contribution in [-0.4, -0.2) is 17.1 Å². The van der Waals surface area contributed by atoms with Crippen LogP contribution in [0.2, 0.25) is 0 Å². The van der Waals surface area contributed by atoms with Gasteiger partial charge in [-0.2, -0.15) is 0 Å². The molecule has 4 heteroatoms. The Kier molecular flexibility index (Phi) is 5.75. The molecule has 0 saturated heterocycles. The summed E-state index contributed by atoms with van der Waals surface area (Å²) in [6.45, 7) is 9.44. The van der Waals surface area contributed by atoms with Crippen molar-refractivity contribution in [3.8, 4) is 5.75 Å². The summed E-state index contributed by atoms with van der Waals surface area (Å²) in [7, 11) is 0. The molecule has 0 radical (unpaired) electrons. The van der Waals surface area contributed by atoms with Crippen molar-refractivity contribution in [3.05, 3.63) is 64.4 Å². The summed E-state index contributed by atoms with van der Waals surface area (Å²) >= 11 is 0. The number of phenols is 1. The van der Waals surface area contributed by atoms with E-state index >= 15 is 0 Å². The van der Waals surface area contributed by atoms with E-state index in [0.29, 0.717) is 5.56 Å². The maximum Gasteiger partial charge on any atom is 0.154 e. The van der Waals surface area contributed by atoms with Gasteiger partial charge in [-0.05, 0) is 69.5 Å². The number of aryl methyl sites for hydroxylation is 2. The highest BCUT2D eigenvalue weighted by Gasteiger charge is 2.11. The molecule has 25 heavy (non-hydrogen) atoms. The predicted octanol–water partition coefficient (Wildman–Crippen LogP) is 4.97. The van der Waals surface area contributed by atoms with E-state index < -0.39 is 0 Å². The largest absolute Gasteiger partial charge is 0.507 e. The van der Waals surface area contributed by atoms with Crippen molar-refractivity contribution in [2.45, 2.75) is 34.6 Å². The van der Waals surface area contributed by atoms with E-state index in [1.54, 1.807) is 24.4 Å². The van der Waals surface area contributed by atoms with Gasteiger partial charge >= 0.3 is 0 Å². The van der Waals surface area contributed by atoms with E-state index in [2.05, 4.69) is 16.4 Å². The van der Waals surface area contributed by atoms with E-state index in [-0.39, 0.29) is 11.5 Å². The van der Waals surface area contributed by atoms with Gasteiger partial charge in [0.15, 0.2) is 5.78 Å². The van der Waals surface area contributed by atoms with Gasteiger partial charge in [0, 0.05) is 23.2 Å². The molecule has 4 nitrogen and oxygen atoms in total. The molecule has 0 amide bonds. The molecule has 2 aromatic carbocycles. The fourth-order valence-corrected chi connectivity index (χ4v) is 2.84. The number of hydrogen-bond donors (Lipinski definition) is 2. The van der Waals surface area contributed by atoms with Gasteiger partial charge in [-0.25, -0.2) is 0 Å². The highest BCUT2D eigenvalue weighted by Crippen LogP contribution is 2.34. The number of benzene rings is 2. The van der Waals surface area contributed by atoms with Crippen LogP contribution < -0.4 is 5.32 Å². The molecule has 0 aliphatic rings. The molecule has 0 atom stereocenters. The number of carbonyl (C=O) groups is 1. The van der Waals surface area contributed by atoms with Crippen LogP contribution in [-0.2, 0) is 4.79 Å². The van der Waals surface area contributed by atoms with E-state index in [9.17, 15) is 9.90 Å². The number of nitrogens with one attached hydrogen (secondary N) is 1. The summed E-state index contributed by atoms with van der Waals surface area (Å²) < 4.78 is 0. The van der Waals surface area contributed by atoms with E-state index in [4.69, 9.17) is 0 Å². The van der Waals surface area contributed by atoms with Crippen molar-refractivity contribution in [2.75, 3.05) is 5.32 Å². The summed E-state index contributed by atoms with van der Waals surface area (Å²) in [4.78, 5) is 15.9. The first kappa shape index (κ1) is 18.5. The predicted molar refractivity (Wildman–Crippen MR) is 104 cm³/mol. The Hall–Kier alpha value is -2.88. The molecular weight excluding hydrogens is 312 g/mol. The Labute approximate surface area is 148 Å². The van der Waals surface area contributed by atoms with Crippen LogP contribution in [0, 0.1) is 20.8 Å². The van der Waals surface area contributed by atoms with Crippen LogP contribution in [0.3, 0.4) is 0 Å². The van der Waals surface area contributed by atoms with Crippen LogP contribution in [0.25, 0.3) is 0 Å². The van der Waals surface area contributed by atoms with E-state index in [1.807, 2.05) is 39.8 Å². The smallest absolute Gasteiger partial charge is 0.154 e. The molecule has 130 valence electrons. The molecule has 0 aromatic heterocycles. The van der Waals surface area contributed by atoms with Crippen molar-refractivity contribution in [3.63, 3.8) is 0 Å². The lowest BCUT2D eigenvalue weighted by molar-refractivity contribution is -0.112. The number of allylic oxidation sites excluding steroid dienone is 2. The molecule has 2 rings (SSSR count). The SMILES string of the molecule is CC(=O)/C=C(\C)Nc1c(C)cc(C)c(N=Cc2ccccc2O)c1C. The summed E-state index contributed by atoms with van der Waals surface area (Å²) in [5, 5.41) is 13.2. The average molecular weight is 336 g/mol. The van der Waals surface area contributed by atoms with Gasteiger partial charge in [-0.15, -0.1) is 0 Å². The van der Waals surface area contributed by atoms with Gasteiger partial charge in [0.25, 0.3) is 0 Å². The van der Waals surface area contributed by atoms with Crippen molar-refractivity contribution in [1.82, 2.24) is 0 Å². The van der Waals surface area contributed by atoms with Crippen LogP contribution in [0.5, 0.6) is 5.75 Å². The first-order valence-electron chi connectivity index (χ1n) is 8.18. The van der Waals surface area contributed by atoms with Crippen LogP contribution in [0.15, 0.2) is 47.1 Å². The molecule has 2 aromatic rings. The molecule has 0 spiro atoms. The number of anilines is 1. The van der Waals surface area contributed by atoms with Crippen LogP contribution in [0.4, 0.5) is 11.4 Å². The highest BCUT2D eigenvalue weighted by molar-refractivity contribution is 5.89. The van der Waals surface area contributed by atoms with E-state index in [1.165, 1.54) is 6.92 Å². The van der Waals surface area contributed by atoms with Crippen molar-refractivity contribution in [2.24, 2.45) is 4.99 Å². The zero-order valence-electron chi connectivity index (χ0n) is 15.3. The lowest BCUT2D eigenvalue weighted by Gasteiger charge is -2.17. The molecule has 0 aliphatic carbocycles. The summed E-state index contributed by atoms with van der Waals surface area (Å²) in [5.41, 5.74) is 6.41. The molecule has 0 aliphatic heterocycles. The lowest BCUT2D eigenvalue weighted by atomic mass is 10.0. The number of aliphatic imine (C=N–C) groups is 1. The standard InChI is InChI=1S/C21H24N2O2/c1-13-10-14(2)21(23-15(3)11-16(4)24)17(5)20(13)22-12-18-8-6-7-9-19(18)25/h6-12,23,25H,1-5H3/b15-11+,22-12?. The molecule has 0 bridgehead atoms. The number of aromatic hydroxyl groups is 1. The third-order valence-electron chi connectivity index (χ3n) is 3.94. The minimum atomic E-state index is 0.00483. The minimum Gasteiger partial charge on any atom is -0.507 e. The summed E-state index contributed by atoms with van der Waals surface area (Å²) in [6, 6.07) is 9.16. The van der Waals surface area contributed by atoms with Gasteiger partial charge in [0.05, 0.1) is 5.69 Å². The molecule has 0 fully saturated rings. The van der Waals surface area contributed by atoms with Gasteiger partial charge in [0.2, 0.25) is 0 Å². The topological polar surface area (TPSA) is 61.7 Å². The zero-order chi connectivity index (χ0) is 18.6. The highest BCUT2D eigenvalue weighted by atomic mass is 16.3. The molecular formula is C21H24N2O2. The van der Waals surface area contributed by atoms with E-state index in [0.717, 1.165) is 33.8 Å². The van der Waals surface area contributed by atoms with Crippen LogP contribution >= 0.6 is 0 Å². The van der Waals surface area contributed by atoms with Crippen molar-refractivity contribution >= 4 is 23.4 Å². The van der Waals surface area contributed by atoms with Gasteiger partial charge in [-0.3, -0.25) is 9.79 Å². The van der Waals surface area contributed by atoms with Crippen LogP contribution in [0.1, 0.15) is 36.1 Å². The minimum absolute atomic E-state index is 0.00483. The zero-order valence-corrected chi connectivity index (χ0v) is 15.3. The Morgan fingerprint density at radius 3 is 2.44 bits per heavy atom. The average Bonchev–Trinajstić information content (AvgIpc) is 2.52. The third-order valence-corrected chi connectivity index (χ3v) is 3.94. The maximum atomic E-state index is 11.3. The fourth-order valence-electron chi connectivity index (χ4n) is 2.84. The lowest BCUT2D eigenvalue weighted by Crippen LogP contribution is -2.03. The number of hydrogen-bond acceptors (Lipinski definition) is 4. The second kappa shape index (κ2) is 7.79. The Morgan fingerprint density at radius 2 is 1.80 bits per heavy atom. The fraction of sp³-hybridized carbons (Fsp3) is 0.238. The summed E-state index contributed by atoms with van der Waals surface area (Å²) in [5.74, 6) is 0.206. The number of phenolic OH excluding ortho intramolecular Hbond substituents is 1. The second-order valence-corrected chi connectivity index (χ2v) is 6.24. The third kappa shape index (κ3) is 4.57. The Bertz CT molecular complexity index is 864. The maximum absolute atomic E-state index is 11.3. The van der Waals surface area contributed by atoms with Gasteiger partial charge in [-0.1, -0.05) is 18.2 Å². The first-order valence-corrected chi connectivity index (χ1v) is 8.18. The number of rotatable bonds is 5. The quantitative estimate of drug-likeness (QED) is 0.598. The number of para-hydroxylation sites is 1. The van der Waals surface area contributed by atoms with Gasteiger partial charge < -0.3 is 10.4 Å². The second-order valence-electron chi connectivity index (χ2n) is 6.24. The monoisotopic (exact) mass is 336 g/mol. The number of ketones is 1. The van der Waals surface area contributed by atoms with Gasteiger partial charge in [0.1, 0.15) is 5.75 Å². The van der Waals surface area contributed by atoms with Crippen molar-refractivity contribution in [1.29, 1.82) is 0 Å². The number of carbonyl (C=O) groups excluding carboxylic acids is 1. The molecule has 0 unspecified atom stereocenters. The molecule has 2 N–H and O–H groups in total. The number of nitrogens with zero attached hydrogens (tertiary/aromatic N) is 1. The first-order chi connectivity index (χ1) is 11.8. The Morgan fingerprint density at radius 1 is 1.12 bits per heavy atom. The molecule has 0 heterocycles. The normalized spacial score (nSPS) is 11.8. The molecule has 0 saturated carbocycles.